The van der Waals surface area contributed by atoms with E-state index in [9.17, 15) is 5.11 Å². The first-order chi connectivity index (χ1) is 7.65. The molecule has 1 atom stereocenters. The zero-order chi connectivity index (χ0) is 11.5. The van der Waals surface area contributed by atoms with Gasteiger partial charge in [-0.25, -0.2) is 9.97 Å². The minimum atomic E-state index is -0.633. The quantitative estimate of drug-likeness (QED) is 0.948. The molecule has 0 spiro atoms. The SMILES string of the molecule is Cc1cnc(C(O)Cc2cc(Br)cs2)nc1. The van der Waals surface area contributed by atoms with Crippen LogP contribution in [-0.2, 0) is 6.42 Å². The van der Waals surface area contributed by atoms with Crippen molar-refractivity contribution in [3.8, 4) is 0 Å². The number of halogens is 1. The number of aliphatic hydroxyl groups excluding tert-OH is 1. The number of rotatable bonds is 3. The first kappa shape index (κ1) is 11.7. The molecule has 1 N–H and O–H groups in total. The Balaban J connectivity index is 2.08. The van der Waals surface area contributed by atoms with E-state index in [1.807, 2.05) is 18.4 Å². The van der Waals surface area contributed by atoms with E-state index in [0.29, 0.717) is 12.2 Å². The Morgan fingerprint density at radius 1 is 1.44 bits per heavy atom. The van der Waals surface area contributed by atoms with Crippen LogP contribution in [0.2, 0.25) is 0 Å². The molecule has 0 fully saturated rings. The number of hydrogen-bond donors (Lipinski definition) is 1. The van der Waals surface area contributed by atoms with Crippen LogP contribution >= 0.6 is 27.3 Å². The largest absolute Gasteiger partial charge is 0.385 e. The number of aliphatic hydroxyl groups is 1. The molecule has 3 nitrogen and oxygen atoms in total. The number of aryl methyl sites for hydroxylation is 1. The van der Waals surface area contributed by atoms with Crippen LogP contribution in [0.1, 0.15) is 22.4 Å². The third-order valence-electron chi connectivity index (χ3n) is 2.12. The summed E-state index contributed by atoms with van der Waals surface area (Å²) in [6.07, 6.45) is 3.36. The molecule has 1 unspecified atom stereocenters. The van der Waals surface area contributed by atoms with Gasteiger partial charge in [0, 0.05) is 33.5 Å². The summed E-state index contributed by atoms with van der Waals surface area (Å²) in [5.41, 5.74) is 0.995. The van der Waals surface area contributed by atoms with Crippen LogP contribution in [0.25, 0.3) is 0 Å². The summed E-state index contributed by atoms with van der Waals surface area (Å²) >= 11 is 5.00. The van der Waals surface area contributed by atoms with Gasteiger partial charge in [0.1, 0.15) is 6.10 Å². The lowest BCUT2D eigenvalue weighted by molar-refractivity contribution is 0.169. The standard InChI is InChI=1S/C11H11BrN2OS/c1-7-4-13-11(14-5-7)10(15)3-9-2-8(12)6-16-9/h2,4-6,10,15H,3H2,1H3. The molecular weight excluding hydrogens is 288 g/mol. The Labute approximate surface area is 106 Å². The normalized spacial score (nSPS) is 12.7. The van der Waals surface area contributed by atoms with Crippen LogP contribution in [0.3, 0.4) is 0 Å². The summed E-state index contributed by atoms with van der Waals surface area (Å²) < 4.78 is 1.05. The topological polar surface area (TPSA) is 46.0 Å². The summed E-state index contributed by atoms with van der Waals surface area (Å²) in [6.45, 7) is 1.92. The Bertz CT molecular complexity index is 469. The molecule has 0 bridgehead atoms. The van der Waals surface area contributed by atoms with E-state index in [4.69, 9.17) is 0 Å². The van der Waals surface area contributed by atoms with E-state index in [2.05, 4.69) is 25.9 Å². The number of aromatic nitrogens is 2. The number of hydrogen-bond acceptors (Lipinski definition) is 4. The van der Waals surface area contributed by atoms with Gasteiger partial charge in [0.2, 0.25) is 0 Å². The van der Waals surface area contributed by atoms with Crippen molar-refractivity contribution in [3.05, 3.63) is 44.6 Å². The molecule has 0 radical (unpaired) electrons. The Morgan fingerprint density at radius 2 is 2.12 bits per heavy atom. The van der Waals surface area contributed by atoms with Crippen molar-refractivity contribution in [2.75, 3.05) is 0 Å². The van der Waals surface area contributed by atoms with Crippen molar-refractivity contribution in [1.29, 1.82) is 0 Å². The highest BCUT2D eigenvalue weighted by molar-refractivity contribution is 9.10. The van der Waals surface area contributed by atoms with Crippen LogP contribution in [0.5, 0.6) is 0 Å². The average Bonchev–Trinajstić information content (AvgIpc) is 2.65. The van der Waals surface area contributed by atoms with Crippen LogP contribution in [0.4, 0.5) is 0 Å². The lowest BCUT2D eigenvalue weighted by Gasteiger charge is -2.07. The zero-order valence-corrected chi connectivity index (χ0v) is 11.1. The molecular formula is C11H11BrN2OS. The Kier molecular flexibility index (Phi) is 3.68. The molecule has 0 saturated heterocycles. The molecule has 2 aromatic heterocycles. The predicted octanol–water partition coefficient (Wildman–Crippen LogP) is 2.89. The fraction of sp³-hybridized carbons (Fsp3) is 0.273. The van der Waals surface area contributed by atoms with Crippen LogP contribution < -0.4 is 0 Å². The summed E-state index contributed by atoms with van der Waals surface area (Å²) in [4.78, 5) is 9.34. The van der Waals surface area contributed by atoms with Gasteiger partial charge in [-0.3, -0.25) is 0 Å². The summed E-state index contributed by atoms with van der Waals surface area (Å²) in [5.74, 6) is 0.482. The highest BCUT2D eigenvalue weighted by Gasteiger charge is 2.12. The van der Waals surface area contributed by atoms with Crippen LogP contribution in [0.15, 0.2) is 28.3 Å². The third-order valence-corrected chi connectivity index (χ3v) is 3.84. The minimum Gasteiger partial charge on any atom is -0.385 e. The summed E-state index contributed by atoms with van der Waals surface area (Å²) in [7, 11) is 0. The zero-order valence-electron chi connectivity index (χ0n) is 8.72. The van der Waals surface area contributed by atoms with Crippen molar-refractivity contribution in [1.82, 2.24) is 9.97 Å². The van der Waals surface area contributed by atoms with Gasteiger partial charge in [0.05, 0.1) is 0 Å². The van der Waals surface area contributed by atoms with Crippen molar-refractivity contribution < 1.29 is 5.11 Å². The molecule has 0 aromatic carbocycles. The smallest absolute Gasteiger partial charge is 0.157 e. The first-order valence-electron chi connectivity index (χ1n) is 4.84. The molecule has 5 heteroatoms. The maximum Gasteiger partial charge on any atom is 0.157 e. The average molecular weight is 299 g/mol. The van der Waals surface area contributed by atoms with E-state index < -0.39 is 6.10 Å². The van der Waals surface area contributed by atoms with E-state index in [0.717, 1.165) is 14.9 Å². The second kappa shape index (κ2) is 5.03. The third kappa shape index (κ3) is 2.87. The molecule has 0 amide bonds. The van der Waals surface area contributed by atoms with Crippen molar-refractivity contribution >= 4 is 27.3 Å². The first-order valence-corrected chi connectivity index (χ1v) is 6.52. The minimum absolute atomic E-state index is 0.482. The maximum atomic E-state index is 9.94. The van der Waals surface area contributed by atoms with Gasteiger partial charge in [-0.15, -0.1) is 11.3 Å². The second-order valence-corrected chi connectivity index (χ2v) is 5.48. The number of thiophene rings is 1. The fourth-order valence-electron chi connectivity index (χ4n) is 1.32. The molecule has 0 aliphatic rings. The van der Waals surface area contributed by atoms with E-state index >= 15 is 0 Å². The fourth-order valence-corrected chi connectivity index (χ4v) is 2.81. The van der Waals surface area contributed by atoms with Gasteiger partial charge in [-0.05, 0) is 34.5 Å². The molecule has 0 aliphatic heterocycles. The van der Waals surface area contributed by atoms with Crippen molar-refractivity contribution in [3.63, 3.8) is 0 Å². The molecule has 2 heterocycles. The van der Waals surface area contributed by atoms with Gasteiger partial charge in [-0.1, -0.05) is 0 Å². The van der Waals surface area contributed by atoms with Gasteiger partial charge in [0.15, 0.2) is 5.82 Å². The van der Waals surface area contributed by atoms with Gasteiger partial charge in [-0.2, -0.15) is 0 Å². The molecule has 16 heavy (non-hydrogen) atoms. The summed E-state index contributed by atoms with van der Waals surface area (Å²) in [6, 6.07) is 2.00. The monoisotopic (exact) mass is 298 g/mol. The molecule has 2 rings (SSSR count). The lowest BCUT2D eigenvalue weighted by atomic mass is 10.2. The lowest BCUT2D eigenvalue weighted by Crippen LogP contribution is -2.05. The van der Waals surface area contributed by atoms with Crippen LogP contribution in [-0.4, -0.2) is 15.1 Å². The number of nitrogens with zero attached hydrogens (tertiary/aromatic N) is 2. The van der Waals surface area contributed by atoms with E-state index in [-0.39, 0.29) is 0 Å². The molecule has 84 valence electrons. The molecule has 0 aliphatic carbocycles. The maximum absolute atomic E-state index is 9.94. The van der Waals surface area contributed by atoms with Gasteiger partial charge in [0.25, 0.3) is 0 Å². The Morgan fingerprint density at radius 3 is 2.69 bits per heavy atom. The summed E-state index contributed by atoms with van der Waals surface area (Å²) in [5, 5.41) is 11.9. The van der Waals surface area contributed by atoms with Gasteiger partial charge < -0.3 is 5.11 Å². The van der Waals surface area contributed by atoms with Crippen molar-refractivity contribution in [2.24, 2.45) is 0 Å². The van der Waals surface area contributed by atoms with Gasteiger partial charge >= 0.3 is 0 Å². The highest BCUT2D eigenvalue weighted by atomic mass is 79.9. The molecule has 2 aromatic rings. The van der Waals surface area contributed by atoms with Crippen LogP contribution in [0, 0.1) is 6.92 Å². The highest BCUT2D eigenvalue weighted by Crippen LogP contribution is 2.24. The second-order valence-electron chi connectivity index (χ2n) is 3.57. The van der Waals surface area contributed by atoms with E-state index in [1.54, 1.807) is 23.7 Å². The van der Waals surface area contributed by atoms with E-state index in [1.165, 1.54) is 0 Å². The van der Waals surface area contributed by atoms with Crippen molar-refractivity contribution in [2.45, 2.75) is 19.4 Å². The Hall–Kier alpha value is -0.780. The predicted molar refractivity (Wildman–Crippen MR) is 67.5 cm³/mol. The molecule has 0 saturated carbocycles.